The lowest BCUT2D eigenvalue weighted by Crippen LogP contribution is -2.50. The molecular weight excluding hydrogens is 410 g/mol. The number of anilines is 1. The molecule has 0 bridgehead atoms. The highest BCUT2D eigenvalue weighted by molar-refractivity contribution is 9.07. The van der Waals surface area contributed by atoms with Crippen LogP contribution in [0.3, 0.4) is 0 Å². The van der Waals surface area contributed by atoms with E-state index in [1.807, 2.05) is 24.7 Å². The lowest BCUT2D eigenvalue weighted by molar-refractivity contribution is 0.0240. The molecule has 1 fully saturated rings. The van der Waals surface area contributed by atoms with Gasteiger partial charge in [0, 0.05) is 54.4 Å². The first-order chi connectivity index (χ1) is 11.7. The molecule has 0 spiro atoms. The zero-order valence-corrected chi connectivity index (χ0v) is 17.1. The first-order valence-corrected chi connectivity index (χ1v) is 9.50. The molecule has 2 aliphatic heterocycles. The minimum Gasteiger partial charge on any atom is -0.444 e. The molecule has 0 atom stereocenters. The normalized spacial score (nSPS) is 18.9. The smallest absolute Gasteiger partial charge is 0.410 e. The highest BCUT2D eigenvalue weighted by Crippen LogP contribution is 2.29. The summed E-state index contributed by atoms with van der Waals surface area (Å²) in [5.41, 5.74) is 1.65. The second-order valence-corrected chi connectivity index (χ2v) is 8.63. The van der Waals surface area contributed by atoms with Crippen LogP contribution in [0.5, 0.6) is 0 Å². The molecular formula is C16H23BrClN5O2. The van der Waals surface area contributed by atoms with Crippen LogP contribution >= 0.6 is 27.7 Å². The number of aromatic nitrogens is 2. The van der Waals surface area contributed by atoms with Gasteiger partial charge < -0.3 is 14.5 Å². The first kappa shape index (κ1) is 18.7. The van der Waals surface area contributed by atoms with E-state index in [0.717, 1.165) is 30.0 Å². The lowest BCUT2D eigenvalue weighted by atomic mass is 10.1. The summed E-state index contributed by atoms with van der Waals surface area (Å²) in [5, 5.41) is 0.270. The summed E-state index contributed by atoms with van der Waals surface area (Å²) in [6.45, 7) is 9.88. The van der Waals surface area contributed by atoms with Gasteiger partial charge in [0.15, 0.2) is 0 Å². The number of ether oxygens (including phenoxy) is 1. The number of hydrogen-bond acceptors (Lipinski definition) is 6. The van der Waals surface area contributed by atoms with E-state index in [0.29, 0.717) is 32.7 Å². The van der Waals surface area contributed by atoms with E-state index >= 15 is 0 Å². The maximum absolute atomic E-state index is 12.2. The van der Waals surface area contributed by atoms with Crippen molar-refractivity contribution in [3.05, 3.63) is 16.5 Å². The van der Waals surface area contributed by atoms with Crippen molar-refractivity contribution in [3.63, 3.8) is 0 Å². The lowest BCUT2D eigenvalue weighted by Gasteiger charge is -2.37. The van der Waals surface area contributed by atoms with Gasteiger partial charge in [-0.1, -0.05) is 0 Å². The molecule has 0 aliphatic carbocycles. The maximum atomic E-state index is 12.2. The molecule has 25 heavy (non-hydrogen) atoms. The molecule has 3 heterocycles. The van der Waals surface area contributed by atoms with E-state index in [1.165, 1.54) is 0 Å². The number of hydrogen-bond donors (Lipinski definition) is 0. The summed E-state index contributed by atoms with van der Waals surface area (Å²) in [4.78, 5) is 25.0. The topological polar surface area (TPSA) is 61.8 Å². The Morgan fingerprint density at radius 3 is 2.48 bits per heavy atom. The Balaban J connectivity index is 1.70. The molecule has 1 aromatic heterocycles. The molecule has 1 aromatic rings. The third-order valence-electron chi connectivity index (χ3n) is 4.20. The Morgan fingerprint density at radius 1 is 1.16 bits per heavy atom. The molecule has 2 aliphatic rings. The van der Waals surface area contributed by atoms with Gasteiger partial charge in [0.25, 0.3) is 0 Å². The number of piperazine rings is 1. The Morgan fingerprint density at radius 2 is 1.84 bits per heavy atom. The van der Waals surface area contributed by atoms with Crippen LogP contribution in [0, 0.1) is 0 Å². The standard InChI is InChI=1S/C16H23BrClN5O2/c1-16(2,3)25-15(24)22-8-6-21(7-9-22)13-11-4-5-23(17)10-12(11)19-14(18)20-13/h4-10H2,1-3H3. The van der Waals surface area contributed by atoms with Gasteiger partial charge in [-0.25, -0.2) is 18.7 Å². The number of carbonyl (C=O) groups excluding carboxylic acids is 1. The molecule has 1 saturated heterocycles. The Kier molecular flexibility index (Phi) is 5.41. The van der Waals surface area contributed by atoms with Crippen molar-refractivity contribution in [1.82, 2.24) is 18.8 Å². The van der Waals surface area contributed by atoms with Gasteiger partial charge in [-0.05, 0) is 38.8 Å². The Labute approximate surface area is 161 Å². The highest BCUT2D eigenvalue weighted by atomic mass is 79.9. The molecule has 3 rings (SSSR count). The average Bonchev–Trinajstić information content (AvgIpc) is 2.52. The molecule has 0 unspecified atom stereocenters. The van der Waals surface area contributed by atoms with Gasteiger partial charge in [-0.2, -0.15) is 0 Å². The number of carbonyl (C=O) groups is 1. The summed E-state index contributed by atoms with van der Waals surface area (Å²) < 4.78 is 7.50. The van der Waals surface area contributed by atoms with Gasteiger partial charge in [-0.3, -0.25) is 0 Å². The maximum Gasteiger partial charge on any atom is 0.410 e. The van der Waals surface area contributed by atoms with E-state index in [1.54, 1.807) is 4.90 Å². The van der Waals surface area contributed by atoms with Crippen LogP contribution in [0.1, 0.15) is 32.0 Å². The fourth-order valence-electron chi connectivity index (χ4n) is 3.04. The van der Waals surface area contributed by atoms with E-state index in [-0.39, 0.29) is 11.4 Å². The van der Waals surface area contributed by atoms with Crippen LogP contribution in [-0.4, -0.2) is 63.2 Å². The van der Waals surface area contributed by atoms with E-state index in [2.05, 4.69) is 31.0 Å². The van der Waals surface area contributed by atoms with Gasteiger partial charge in [0.2, 0.25) is 5.28 Å². The SMILES string of the molecule is CC(C)(C)OC(=O)N1CCN(c2nc(Cl)nc3c2CCN(Br)C3)CC1. The zero-order valence-electron chi connectivity index (χ0n) is 14.8. The second kappa shape index (κ2) is 7.25. The summed E-state index contributed by atoms with van der Waals surface area (Å²) in [5.74, 6) is 0.902. The minimum atomic E-state index is -0.477. The fourth-order valence-corrected chi connectivity index (χ4v) is 3.64. The van der Waals surface area contributed by atoms with Crippen molar-refractivity contribution in [2.75, 3.05) is 37.6 Å². The third kappa shape index (κ3) is 4.54. The number of nitrogens with zero attached hydrogens (tertiary/aromatic N) is 5. The van der Waals surface area contributed by atoms with Crippen LogP contribution in [0.25, 0.3) is 0 Å². The molecule has 1 amide bonds. The van der Waals surface area contributed by atoms with Gasteiger partial charge in [0.1, 0.15) is 11.4 Å². The van der Waals surface area contributed by atoms with Crippen molar-refractivity contribution < 1.29 is 9.53 Å². The van der Waals surface area contributed by atoms with Gasteiger partial charge >= 0.3 is 6.09 Å². The summed E-state index contributed by atoms with van der Waals surface area (Å²) in [7, 11) is 0. The van der Waals surface area contributed by atoms with Crippen LogP contribution in [0.4, 0.5) is 10.6 Å². The molecule has 0 saturated carbocycles. The molecule has 0 aromatic carbocycles. The number of fused-ring (bicyclic) bond motifs is 1. The summed E-state index contributed by atoms with van der Waals surface area (Å²) in [6.07, 6.45) is 0.615. The van der Waals surface area contributed by atoms with E-state index in [9.17, 15) is 4.79 Å². The first-order valence-electron chi connectivity index (χ1n) is 8.42. The highest BCUT2D eigenvalue weighted by Gasteiger charge is 2.29. The van der Waals surface area contributed by atoms with Crippen LogP contribution in [0.2, 0.25) is 5.28 Å². The van der Waals surface area contributed by atoms with Crippen molar-refractivity contribution in [2.45, 2.75) is 39.3 Å². The minimum absolute atomic E-state index is 0.259. The largest absolute Gasteiger partial charge is 0.444 e. The predicted octanol–water partition coefficient (Wildman–Crippen LogP) is 2.86. The molecule has 0 N–H and O–H groups in total. The Bertz CT molecular complexity index is 659. The quantitative estimate of drug-likeness (QED) is 0.502. The van der Waals surface area contributed by atoms with Crippen molar-refractivity contribution in [3.8, 4) is 0 Å². The molecule has 138 valence electrons. The van der Waals surface area contributed by atoms with Crippen LogP contribution in [-0.2, 0) is 17.7 Å². The fraction of sp³-hybridized carbons (Fsp3) is 0.688. The summed E-state index contributed by atoms with van der Waals surface area (Å²) in [6, 6.07) is 0. The van der Waals surface area contributed by atoms with Gasteiger partial charge in [-0.15, -0.1) is 0 Å². The molecule has 9 heteroatoms. The van der Waals surface area contributed by atoms with Crippen molar-refractivity contribution in [2.24, 2.45) is 0 Å². The predicted molar refractivity (Wildman–Crippen MR) is 100 cm³/mol. The van der Waals surface area contributed by atoms with E-state index < -0.39 is 5.60 Å². The number of halogens is 2. The monoisotopic (exact) mass is 431 g/mol. The van der Waals surface area contributed by atoms with Gasteiger partial charge in [0.05, 0.1) is 12.2 Å². The van der Waals surface area contributed by atoms with Crippen LogP contribution < -0.4 is 4.90 Å². The second-order valence-electron chi connectivity index (χ2n) is 7.29. The van der Waals surface area contributed by atoms with E-state index in [4.69, 9.17) is 16.3 Å². The number of amides is 1. The van der Waals surface area contributed by atoms with Crippen molar-refractivity contribution in [1.29, 1.82) is 0 Å². The summed E-state index contributed by atoms with van der Waals surface area (Å²) >= 11 is 9.64. The van der Waals surface area contributed by atoms with Crippen molar-refractivity contribution >= 4 is 39.7 Å². The third-order valence-corrected chi connectivity index (χ3v) is 4.97. The van der Waals surface area contributed by atoms with Crippen LogP contribution in [0.15, 0.2) is 0 Å². The molecule has 0 radical (unpaired) electrons. The zero-order chi connectivity index (χ0) is 18.2. The average molecular weight is 433 g/mol. The number of rotatable bonds is 1. The Hall–Kier alpha value is -1.12. The molecule has 7 nitrogen and oxygen atoms in total.